The van der Waals surface area contributed by atoms with Crippen molar-refractivity contribution in [3.63, 3.8) is 0 Å². The monoisotopic (exact) mass is 227 g/mol. The van der Waals surface area contributed by atoms with Gasteiger partial charge in [-0.1, -0.05) is 0 Å². The number of rotatable bonds is 1. The first kappa shape index (κ1) is 11.1. The van der Waals surface area contributed by atoms with Crippen LogP contribution in [0.3, 0.4) is 0 Å². The Morgan fingerprint density at radius 3 is 2.21 bits per heavy atom. The number of hydrogen-bond acceptors (Lipinski definition) is 1. The summed E-state index contributed by atoms with van der Waals surface area (Å²) in [5.41, 5.74) is 3.20. The zero-order valence-electron chi connectivity index (χ0n) is 6.83. The SMILES string of the molecule is Nc1cc(CCl)cc(F)c1C(F)(F)F. The minimum absolute atomic E-state index is 0.0841. The quantitative estimate of drug-likeness (QED) is 0.445. The molecule has 0 bridgehead atoms. The van der Waals surface area contributed by atoms with E-state index in [0.29, 0.717) is 0 Å². The molecule has 0 atom stereocenters. The molecule has 0 amide bonds. The van der Waals surface area contributed by atoms with Crippen LogP contribution < -0.4 is 5.73 Å². The lowest BCUT2D eigenvalue weighted by atomic mass is 10.1. The second-order valence-corrected chi connectivity index (χ2v) is 2.94. The highest BCUT2D eigenvalue weighted by molar-refractivity contribution is 6.17. The highest BCUT2D eigenvalue weighted by atomic mass is 35.5. The van der Waals surface area contributed by atoms with Crippen LogP contribution in [0.4, 0.5) is 23.2 Å². The summed E-state index contributed by atoms with van der Waals surface area (Å²) in [6, 6.07) is 1.74. The molecule has 1 rings (SSSR count). The Bertz CT molecular complexity index is 325. The second kappa shape index (κ2) is 3.65. The van der Waals surface area contributed by atoms with Crippen molar-refractivity contribution < 1.29 is 17.6 Å². The lowest BCUT2D eigenvalue weighted by Gasteiger charge is -2.11. The van der Waals surface area contributed by atoms with Crippen LogP contribution in [0.25, 0.3) is 0 Å². The molecule has 0 saturated heterocycles. The van der Waals surface area contributed by atoms with Crippen molar-refractivity contribution in [1.29, 1.82) is 0 Å². The van der Waals surface area contributed by atoms with Crippen molar-refractivity contribution in [1.82, 2.24) is 0 Å². The highest BCUT2D eigenvalue weighted by Crippen LogP contribution is 2.36. The molecule has 6 heteroatoms. The number of hydrogen-bond donors (Lipinski definition) is 1. The van der Waals surface area contributed by atoms with E-state index in [9.17, 15) is 17.6 Å². The van der Waals surface area contributed by atoms with Crippen molar-refractivity contribution in [3.05, 3.63) is 29.1 Å². The number of halogens is 5. The normalized spacial score (nSPS) is 11.8. The van der Waals surface area contributed by atoms with Gasteiger partial charge in [-0.15, -0.1) is 11.6 Å². The first-order valence-corrected chi connectivity index (χ1v) is 4.10. The summed E-state index contributed by atoms with van der Waals surface area (Å²) in [5, 5.41) is 0. The number of benzene rings is 1. The molecule has 0 saturated carbocycles. The number of alkyl halides is 4. The number of nitrogen functional groups attached to an aromatic ring is 1. The van der Waals surface area contributed by atoms with Gasteiger partial charge in [-0.3, -0.25) is 0 Å². The van der Waals surface area contributed by atoms with E-state index in [1.165, 1.54) is 0 Å². The summed E-state index contributed by atoms with van der Waals surface area (Å²) in [6.45, 7) is 0. The molecule has 78 valence electrons. The Kier molecular flexibility index (Phi) is 2.89. The summed E-state index contributed by atoms with van der Waals surface area (Å²) in [6.07, 6.45) is -4.78. The lowest BCUT2D eigenvalue weighted by Crippen LogP contribution is -2.12. The van der Waals surface area contributed by atoms with Crippen LogP contribution in [-0.4, -0.2) is 0 Å². The molecule has 1 aromatic carbocycles. The molecule has 1 aromatic rings. The van der Waals surface area contributed by atoms with Gasteiger partial charge in [0.05, 0.1) is 0 Å². The van der Waals surface area contributed by atoms with Gasteiger partial charge in [0.15, 0.2) is 0 Å². The van der Waals surface area contributed by atoms with E-state index in [4.69, 9.17) is 17.3 Å². The fourth-order valence-electron chi connectivity index (χ4n) is 1.06. The van der Waals surface area contributed by atoms with Gasteiger partial charge in [-0.05, 0) is 17.7 Å². The van der Waals surface area contributed by atoms with Crippen molar-refractivity contribution in [2.75, 3.05) is 5.73 Å². The summed E-state index contributed by atoms with van der Waals surface area (Å²) in [5.74, 6) is -1.48. The maximum Gasteiger partial charge on any atom is 0.421 e. The van der Waals surface area contributed by atoms with Gasteiger partial charge in [0.1, 0.15) is 11.4 Å². The molecule has 0 aliphatic heterocycles. The van der Waals surface area contributed by atoms with E-state index < -0.39 is 23.2 Å². The van der Waals surface area contributed by atoms with Gasteiger partial charge in [0.25, 0.3) is 0 Å². The molecule has 0 spiro atoms. The summed E-state index contributed by atoms with van der Waals surface area (Å²) >= 11 is 5.33. The molecular formula is C8H6ClF4N. The third-order valence-corrected chi connectivity index (χ3v) is 1.93. The second-order valence-electron chi connectivity index (χ2n) is 2.67. The van der Waals surface area contributed by atoms with E-state index in [2.05, 4.69) is 0 Å². The van der Waals surface area contributed by atoms with E-state index >= 15 is 0 Å². The third kappa shape index (κ3) is 2.09. The maximum atomic E-state index is 12.9. The fourth-order valence-corrected chi connectivity index (χ4v) is 1.22. The summed E-state index contributed by atoms with van der Waals surface area (Å²) in [4.78, 5) is 0. The van der Waals surface area contributed by atoms with Crippen LogP contribution in [0.2, 0.25) is 0 Å². The first-order valence-electron chi connectivity index (χ1n) is 3.57. The summed E-state index contributed by atoms with van der Waals surface area (Å²) in [7, 11) is 0. The molecule has 0 aliphatic rings. The number of anilines is 1. The Morgan fingerprint density at radius 2 is 1.86 bits per heavy atom. The largest absolute Gasteiger partial charge is 0.421 e. The predicted octanol–water partition coefficient (Wildman–Crippen LogP) is 3.17. The van der Waals surface area contributed by atoms with Crippen molar-refractivity contribution in [2.45, 2.75) is 12.1 Å². The van der Waals surface area contributed by atoms with Gasteiger partial charge < -0.3 is 5.73 Å². The van der Waals surface area contributed by atoms with Gasteiger partial charge in [-0.25, -0.2) is 4.39 Å². The molecule has 0 unspecified atom stereocenters. The fraction of sp³-hybridized carbons (Fsp3) is 0.250. The molecule has 0 radical (unpaired) electrons. The van der Waals surface area contributed by atoms with E-state index in [0.717, 1.165) is 12.1 Å². The van der Waals surface area contributed by atoms with Crippen molar-refractivity contribution >= 4 is 17.3 Å². The molecule has 0 fully saturated rings. The molecule has 2 N–H and O–H groups in total. The van der Waals surface area contributed by atoms with Crippen LogP contribution >= 0.6 is 11.6 Å². The maximum absolute atomic E-state index is 12.9. The minimum atomic E-state index is -4.78. The van der Waals surface area contributed by atoms with Crippen LogP contribution in [0.1, 0.15) is 11.1 Å². The summed E-state index contributed by atoms with van der Waals surface area (Å²) < 4.78 is 49.5. The van der Waals surface area contributed by atoms with Crippen LogP contribution in [0.15, 0.2) is 12.1 Å². The van der Waals surface area contributed by atoms with E-state index in [1.807, 2.05) is 0 Å². The van der Waals surface area contributed by atoms with Crippen LogP contribution in [-0.2, 0) is 12.1 Å². The van der Waals surface area contributed by atoms with Crippen LogP contribution in [0, 0.1) is 5.82 Å². The Labute approximate surface area is 82.5 Å². The smallest absolute Gasteiger partial charge is 0.398 e. The average molecular weight is 228 g/mol. The Morgan fingerprint density at radius 1 is 1.29 bits per heavy atom. The molecule has 1 nitrogen and oxygen atoms in total. The third-order valence-electron chi connectivity index (χ3n) is 1.62. The first-order chi connectivity index (χ1) is 6.36. The van der Waals surface area contributed by atoms with Crippen molar-refractivity contribution in [3.8, 4) is 0 Å². The molecule has 0 aromatic heterocycles. The zero-order valence-corrected chi connectivity index (χ0v) is 7.58. The van der Waals surface area contributed by atoms with Gasteiger partial charge >= 0.3 is 6.18 Å². The van der Waals surface area contributed by atoms with Crippen molar-refractivity contribution in [2.24, 2.45) is 0 Å². The predicted molar refractivity (Wildman–Crippen MR) is 45.4 cm³/mol. The number of nitrogens with two attached hydrogens (primary N) is 1. The standard InChI is InChI=1S/C8H6ClF4N/c9-3-4-1-5(10)7(6(14)2-4)8(11,12)13/h1-2H,3,14H2. The topological polar surface area (TPSA) is 26.0 Å². The molecule has 0 aliphatic carbocycles. The Hall–Kier alpha value is -0.970. The lowest BCUT2D eigenvalue weighted by molar-refractivity contribution is -0.139. The highest BCUT2D eigenvalue weighted by Gasteiger charge is 2.36. The van der Waals surface area contributed by atoms with Gasteiger partial charge in [-0.2, -0.15) is 13.2 Å². The van der Waals surface area contributed by atoms with E-state index in [-0.39, 0.29) is 11.4 Å². The van der Waals surface area contributed by atoms with Gasteiger partial charge in [0.2, 0.25) is 0 Å². The minimum Gasteiger partial charge on any atom is -0.398 e. The van der Waals surface area contributed by atoms with Gasteiger partial charge in [0, 0.05) is 11.6 Å². The molecular weight excluding hydrogens is 222 g/mol. The molecule has 14 heavy (non-hydrogen) atoms. The average Bonchev–Trinajstić information content (AvgIpc) is 1.99. The Balaban J connectivity index is 3.33. The van der Waals surface area contributed by atoms with E-state index in [1.54, 1.807) is 0 Å². The molecule has 0 heterocycles. The zero-order chi connectivity index (χ0) is 10.9. The van der Waals surface area contributed by atoms with Crippen LogP contribution in [0.5, 0.6) is 0 Å².